The minimum Gasteiger partial charge on any atom is -0.325 e. The van der Waals surface area contributed by atoms with Gasteiger partial charge in [0.1, 0.15) is 0 Å². The zero-order valence-corrected chi connectivity index (χ0v) is 11.4. The van der Waals surface area contributed by atoms with Gasteiger partial charge in [-0.1, -0.05) is 25.7 Å². The quantitative estimate of drug-likeness (QED) is 0.741. The fraction of sp³-hybridized carbons (Fsp3) is 0.733. The van der Waals surface area contributed by atoms with E-state index in [-0.39, 0.29) is 5.54 Å². The summed E-state index contributed by atoms with van der Waals surface area (Å²) in [6.07, 6.45) is 11.9. The van der Waals surface area contributed by atoms with Crippen LogP contribution in [0.15, 0.2) is 11.4 Å². The molecule has 2 aliphatic carbocycles. The van der Waals surface area contributed by atoms with Gasteiger partial charge in [0.25, 0.3) is 0 Å². The number of fused-ring (bicyclic) bond motifs is 1. The van der Waals surface area contributed by atoms with Crippen molar-refractivity contribution in [2.45, 2.75) is 69.2 Å². The molecular formula is C15H23NS. The fourth-order valence-corrected chi connectivity index (χ4v) is 4.80. The monoisotopic (exact) mass is 249 g/mol. The molecule has 1 atom stereocenters. The first-order valence-corrected chi connectivity index (χ1v) is 8.03. The molecule has 2 aliphatic rings. The van der Waals surface area contributed by atoms with Crippen molar-refractivity contribution in [1.29, 1.82) is 0 Å². The minimum atomic E-state index is 0.110. The Morgan fingerprint density at radius 1 is 1.12 bits per heavy atom. The molecule has 0 saturated heterocycles. The molecule has 1 nitrogen and oxygen atoms in total. The van der Waals surface area contributed by atoms with Gasteiger partial charge in [0.2, 0.25) is 0 Å². The Labute approximate surface area is 108 Å². The van der Waals surface area contributed by atoms with E-state index >= 15 is 0 Å². The molecule has 0 spiro atoms. The molecule has 1 saturated carbocycles. The van der Waals surface area contributed by atoms with Crippen LogP contribution in [0.5, 0.6) is 0 Å². The van der Waals surface area contributed by atoms with Gasteiger partial charge in [-0.2, -0.15) is 0 Å². The molecule has 1 fully saturated rings. The molecule has 1 unspecified atom stereocenters. The van der Waals surface area contributed by atoms with Crippen molar-refractivity contribution in [3.05, 3.63) is 21.9 Å². The van der Waals surface area contributed by atoms with Crippen LogP contribution in [0.3, 0.4) is 0 Å². The first kappa shape index (κ1) is 11.7. The SMILES string of the molecule is NC1(C2CCCCc3sccc32)CCCCC1. The Balaban J connectivity index is 1.91. The van der Waals surface area contributed by atoms with Crippen molar-refractivity contribution in [3.63, 3.8) is 0 Å². The summed E-state index contributed by atoms with van der Waals surface area (Å²) < 4.78 is 0. The van der Waals surface area contributed by atoms with Crippen molar-refractivity contribution in [2.24, 2.45) is 5.73 Å². The van der Waals surface area contributed by atoms with E-state index in [2.05, 4.69) is 11.4 Å². The van der Waals surface area contributed by atoms with Gasteiger partial charge in [-0.3, -0.25) is 0 Å². The van der Waals surface area contributed by atoms with Crippen LogP contribution < -0.4 is 5.73 Å². The van der Waals surface area contributed by atoms with E-state index < -0.39 is 0 Å². The summed E-state index contributed by atoms with van der Waals surface area (Å²) in [6.45, 7) is 0. The fourth-order valence-electron chi connectivity index (χ4n) is 3.81. The average molecular weight is 249 g/mol. The van der Waals surface area contributed by atoms with Crippen molar-refractivity contribution in [2.75, 3.05) is 0 Å². The standard InChI is InChI=1S/C15H23NS/c16-15(9-4-1-5-10-15)13-6-2-3-7-14-12(13)8-11-17-14/h8,11,13H,1-7,9-10,16H2. The molecule has 2 N–H and O–H groups in total. The van der Waals surface area contributed by atoms with Crippen LogP contribution in [0.1, 0.15) is 67.7 Å². The third-order valence-electron chi connectivity index (χ3n) is 4.78. The second-order valence-electron chi connectivity index (χ2n) is 5.89. The number of aryl methyl sites for hydroxylation is 1. The summed E-state index contributed by atoms with van der Waals surface area (Å²) in [4.78, 5) is 1.63. The summed E-state index contributed by atoms with van der Waals surface area (Å²) >= 11 is 1.95. The molecule has 17 heavy (non-hydrogen) atoms. The predicted molar refractivity (Wildman–Crippen MR) is 74.6 cm³/mol. The van der Waals surface area contributed by atoms with E-state index in [4.69, 9.17) is 5.73 Å². The van der Waals surface area contributed by atoms with Crippen LogP contribution in [0.4, 0.5) is 0 Å². The van der Waals surface area contributed by atoms with E-state index in [1.165, 1.54) is 57.8 Å². The highest BCUT2D eigenvalue weighted by Gasteiger charge is 2.38. The summed E-state index contributed by atoms with van der Waals surface area (Å²) in [7, 11) is 0. The number of nitrogens with two attached hydrogens (primary N) is 1. The molecule has 1 aromatic heterocycles. The van der Waals surface area contributed by atoms with Crippen LogP contribution in [-0.2, 0) is 6.42 Å². The molecule has 0 aliphatic heterocycles. The van der Waals surface area contributed by atoms with Crippen LogP contribution in [0, 0.1) is 0 Å². The predicted octanol–water partition coefficient (Wildman–Crippen LogP) is 4.22. The largest absolute Gasteiger partial charge is 0.325 e. The first-order chi connectivity index (χ1) is 8.30. The van der Waals surface area contributed by atoms with Crippen LogP contribution in [0.2, 0.25) is 0 Å². The average Bonchev–Trinajstić information content (AvgIpc) is 2.69. The highest BCUT2D eigenvalue weighted by atomic mass is 32.1. The second kappa shape index (κ2) is 4.74. The molecule has 0 amide bonds. The number of hydrogen-bond acceptors (Lipinski definition) is 2. The summed E-state index contributed by atoms with van der Waals surface area (Å²) in [5.41, 5.74) is 8.50. The smallest absolute Gasteiger partial charge is 0.0224 e. The van der Waals surface area contributed by atoms with E-state index in [0.29, 0.717) is 5.92 Å². The lowest BCUT2D eigenvalue weighted by atomic mass is 9.69. The first-order valence-electron chi connectivity index (χ1n) is 7.15. The zero-order valence-electron chi connectivity index (χ0n) is 10.6. The summed E-state index contributed by atoms with van der Waals surface area (Å²) in [6, 6.07) is 2.36. The number of thiophene rings is 1. The molecule has 0 radical (unpaired) electrons. The van der Waals surface area contributed by atoms with Gasteiger partial charge in [0.15, 0.2) is 0 Å². The van der Waals surface area contributed by atoms with E-state index in [9.17, 15) is 0 Å². The Kier molecular flexibility index (Phi) is 3.27. The number of rotatable bonds is 1. The zero-order chi connectivity index (χ0) is 11.7. The summed E-state index contributed by atoms with van der Waals surface area (Å²) in [5.74, 6) is 0.645. The Morgan fingerprint density at radius 2 is 1.94 bits per heavy atom. The molecule has 1 heterocycles. The highest BCUT2D eigenvalue weighted by molar-refractivity contribution is 7.10. The Morgan fingerprint density at radius 3 is 2.76 bits per heavy atom. The lowest BCUT2D eigenvalue weighted by Gasteiger charge is -2.40. The van der Waals surface area contributed by atoms with Gasteiger partial charge < -0.3 is 5.73 Å². The van der Waals surface area contributed by atoms with Gasteiger partial charge in [-0.05, 0) is 49.1 Å². The van der Waals surface area contributed by atoms with Gasteiger partial charge in [-0.15, -0.1) is 11.3 Å². The molecule has 94 valence electrons. The van der Waals surface area contributed by atoms with Crippen molar-refractivity contribution in [1.82, 2.24) is 0 Å². The van der Waals surface area contributed by atoms with Crippen LogP contribution in [0.25, 0.3) is 0 Å². The maximum absolute atomic E-state index is 6.78. The molecule has 2 heteroatoms. The topological polar surface area (TPSA) is 26.0 Å². The van der Waals surface area contributed by atoms with Crippen molar-refractivity contribution < 1.29 is 0 Å². The van der Waals surface area contributed by atoms with E-state index in [0.717, 1.165) is 0 Å². The Bertz CT molecular complexity index is 376. The van der Waals surface area contributed by atoms with Gasteiger partial charge in [0.05, 0.1) is 0 Å². The normalized spacial score (nSPS) is 28.4. The van der Waals surface area contributed by atoms with Gasteiger partial charge >= 0.3 is 0 Å². The van der Waals surface area contributed by atoms with Crippen LogP contribution >= 0.6 is 11.3 Å². The maximum Gasteiger partial charge on any atom is 0.0224 e. The molecule has 3 rings (SSSR count). The van der Waals surface area contributed by atoms with E-state index in [1.54, 1.807) is 10.4 Å². The van der Waals surface area contributed by atoms with Gasteiger partial charge in [-0.25, -0.2) is 0 Å². The molecule has 1 aromatic rings. The van der Waals surface area contributed by atoms with Gasteiger partial charge in [0, 0.05) is 16.3 Å². The van der Waals surface area contributed by atoms with E-state index in [1.807, 2.05) is 11.3 Å². The number of hydrogen-bond donors (Lipinski definition) is 1. The maximum atomic E-state index is 6.78. The van der Waals surface area contributed by atoms with Crippen molar-refractivity contribution >= 4 is 11.3 Å². The summed E-state index contributed by atoms with van der Waals surface area (Å²) in [5, 5.41) is 2.27. The lowest BCUT2D eigenvalue weighted by Crippen LogP contribution is -2.47. The third kappa shape index (κ3) is 2.17. The third-order valence-corrected chi connectivity index (χ3v) is 5.78. The molecule has 0 bridgehead atoms. The van der Waals surface area contributed by atoms with Crippen LogP contribution in [-0.4, -0.2) is 5.54 Å². The lowest BCUT2D eigenvalue weighted by molar-refractivity contribution is 0.237. The second-order valence-corrected chi connectivity index (χ2v) is 6.89. The minimum absolute atomic E-state index is 0.110. The molecular weight excluding hydrogens is 226 g/mol. The molecule has 0 aromatic carbocycles. The highest BCUT2D eigenvalue weighted by Crippen LogP contribution is 2.44. The Hall–Kier alpha value is -0.340. The van der Waals surface area contributed by atoms with Crippen molar-refractivity contribution in [3.8, 4) is 0 Å².